The molecule has 0 fully saturated rings. The lowest BCUT2D eigenvalue weighted by atomic mass is 9.90. The Morgan fingerprint density at radius 3 is 2.41 bits per heavy atom. The fourth-order valence-electron chi connectivity index (χ4n) is 1.74. The van der Waals surface area contributed by atoms with Gasteiger partial charge in [-0.25, -0.2) is 0 Å². The van der Waals surface area contributed by atoms with Crippen LogP contribution in [0.15, 0.2) is 47.8 Å². The smallest absolute Gasteiger partial charge is 0.208 e. The van der Waals surface area contributed by atoms with Gasteiger partial charge < -0.3 is 4.74 Å². The van der Waals surface area contributed by atoms with Gasteiger partial charge in [0.1, 0.15) is 0 Å². The summed E-state index contributed by atoms with van der Waals surface area (Å²) in [5.74, 6) is 0.00111. The van der Waals surface area contributed by atoms with Crippen molar-refractivity contribution in [3.8, 4) is 0 Å². The van der Waals surface area contributed by atoms with Gasteiger partial charge in [0.2, 0.25) is 5.78 Å². The first-order valence-electron chi connectivity index (χ1n) is 5.37. The molecule has 0 aliphatic heterocycles. The summed E-state index contributed by atoms with van der Waals surface area (Å²) < 4.78 is 5.47. The Morgan fingerprint density at radius 1 is 1.18 bits per heavy atom. The molecule has 1 atom stereocenters. The number of ketones is 1. The third-order valence-electron chi connectivity index (χ3n) is 2.91. The van der Waals surface area contributed by atoms with Crippen LogP contribution in [0.3, 0.4) is 0 Å². The van der Waals surface area contributed by atoms with Crippen molar-refractivity contribution < 1.29 is 9.53 Å². The first kappa shape index (κ1) is 12.0. The highest BCUT2D eigenvalue weighted by Gasteiger charge is 2.36. The summed E-state index contributed by atoms with van der Waals surface area (Å²) in [5, 5.41) is 1.90. The maximum Gasteiger partial charge on any atom is 0.208 e. The average molecular weight is 246 g/mol. The summed E-state index contributed by atoms with van der Waals surface area (Å²) in [6, 6.07) is 13.3. The van der Waals surface area contributed by atoms with E-state index in [9.17, 15) is 4.79 Å². The quantitative estimate of drug-likeness (QED) is 0.772. The summed E-state index contributed by atoms with van der Waals surface area (Å²) in [5.41, 5.74) is -0.0348. The van der Waals surface area contributed by atoms with Crippen LogP contribution in [0.5, 0.6) is 0 Å². The van der Waals surface area contributed by atoms with Gasteiger partial charge >= 0.3 is 0 Å². The van der Waals surface area contributed by atoms with Gasteiger partial charge in [-0.1, -0.05) is 36.4 Å². The molecule has 0 spiro atoms. The fourth-order valence-corrected chi connectivity index (χ4v) is 2.50. The number of hydrogen-bond acceptors (Lipinski definition) is 3. The second-order valence-corrected chi connectivity index (χ2v) is 4.86. The van der Waals surface area contributed by atoms with Gasteiger partial charge in [0, 0.05) is 7.11 Å². The minimum Gasteiger partial charge on any atom is -0.366 e. The molecule has 0 N–H and O–H groups in total. The molecule has 17 heavy (non-hydrogen) atoms. The fraction of sp³-hybridized carbons (Fsp3) is 0.214. The van der Waals surface area contributed by atoms with Crippen molar-refractivity contribution >= 4 is 17.1 Å². The van der Waals surface area contributed by atoms with Crippen LogP contribution in [-0.4, -0.2) is 12.9 Å². The number of carbonyl (C=O) groups excluding carboxylic acids is 1. The number of carbonyl (C=O) groups is 1. The van der Waals surface area contributed by atoms with Crippen LogP contribution in [0.4, 0.5) is 0 Å². The highest BCUT2D eigenvalue weighted by molar-refractivity contribution is 7.12. The lowest BCUT2D eigenvalue weighted by molar-refractivity contribution is 0.0105. The topological polar surface area (TPSA) is 26.3 Å². The molecule has 0 aliphatic carbocycles. The van der Waals surface area contributed by atoms with Crippen LogP contribution >= 0.6 is 11.3 Å². The highest BCUT2D eigenvalue weighted by atomic mass is 32.1. The summed E-state index contributed by atoms with van der Waals surface area (Å²) in [7, 11) is 1.57. The lowest BCUT2D eigenvalue weighted by Gasteiger charge is -2.26. The van der Waals surface area contributed by atoms with E-state index in [1.54, 1.807) is 7.11 Å². The highest BCUT2D eigenvalue weighted by Crippen LogP contribution is 2.30. The summed E-state index contributed by atoms with van der Waals surface area (Å²) in [4.78, 5) is 13.2. The van der Waals surface area contributed by atoms with Crippen molar-refractivity contribution in [1.82, 2.24) is 0 Å². The van der Waals surface area contributed by atoms with Crippen LogP contribution in [0, 0.1) is 0 Å². The van der Waals surface area contributed by atoms with Crippen molar-refractivity contribution in [2.75, 3.05) is 7.11 Å². The first-order valence-corrected chi connectivity index (χ1v) is 6.25. The minimum absolute atomic E-state index is 0.00111. The van der Waals surface area contributed by atoms with E-state index in [0.29, 0.717) is 0 Å². The van der Waals surface area contributed by atoms with Crippen molar-refractivity contribution in [2.24, 2.45) is 0 Å². The SMILES string of the molecule is COC(C)(C(=O)c1cccs1)c1ccccc1. The molecule has 0 amide bonds. The molecule has 2 nitrogen and oxygen atoms in total. The van der Waals surface area contributed by atoms with Crippen LogP contribution in [0.2, 0.25) is 0 Å². The molecule has 0 saturated carbocycles. The molecule has 0 bridgehead atoms. The molecule has 1 aromatic heterocycles. The van der Waals surface area contributed by atoms with Crippen LogP contribution in [0.1, 0.15) is 22.2 Å². The molecule has 1 heterocycles. The molecule has 0 aliphatic rings. The predicted molar refractivity (Wildman–Crippen MR) is 69.5 cm³/mol. The zero-order chi connectivity index (χ0) is 12.3. The van der Waals surface area contributed by atoms with Gasteiger partial charge in [-0.3, -0.25) is 4.79 Å². The largest absolute Gasteiger partial charge is 0.366 e. The zero-order valence-electron chi connectivity index (χ0n) is 9.84. The third kappa shape index (κ3) is 2.16. The summed E-state index contributed by atoms with van der Waals surface area (Å²) in [6.07, 6.45) is 0. The van der Waals surface area contributed by atoms with E-state index in [1.165, 1.54) is 11.3 Å². The Bertz CT molecular complexity index is 490. The molecule has 2 rings (SSSR count). The van der Waals surface area contributed by atoms with Crippen LogP contribution in [0.25, 0.3) is 0 Å². The Hall–Kier alpha value is -1.45. The van der Waals surface area contributed by atoms with Gasteiger partial charge in [-0.05, 0) is 23.9 Å². The Balaban J connectivity index is 2.42. The maximum atomic E-state index is 12.4. The van der Waals surface area contributed by atoms with Gasteiger partial charge in [0.05, 0.1) is 4.88 Å². The number of methoxy groups -OCH3 is 1. The summed E-state index contributed by atoms with van der Waals surface area (Å²) in [6.45, 7) is 1.81. The van der Waals surface area contributed by atoms with Crippen molar-refractivity contribution in [1.29, 1.82) is 0 Å². The molecule has 2 aromatic rings. The van der Waals surface area contributed by atoms with E-state index in [0.717, 1.165) is 10.4 Å². The van der Waals surface area contributed by atoms with Crippen molar-refractivity contribution in [2.45, 2.75) is 12.5 Å². The summed E-state index contributed by atoms with van der Waals surface area (Å²) >= 11 is 1.44. The van der Waals surface area contributed by atoms with Crippen molar-refractivity contribution in [3.63, 3.8) is 0 Å². The van der Waals surface area contributed by atoms with Gasteiger partial charge in [-0.2, -0.15) is 0 Å². The standard InChI is InChI=1S/C14H14O2S/c1-14(16-2,11-7-4-3-5-8-11)13(15)12-9-6-10-17-12/h3-10H,1-2H3. The molecule has 3 heteroatoms. The van der Waals surface area contributed by atoms with E-state index in [1.807, 2.05) is 54.8 Å². The average Bonchev–Trinajstić information content (AvgIpc) is 2.92. The van der Waals surface area contributed by atoms with Crippen LogP contribution < -0.4 is 0 Å². The molecular formula is C14H14O2S. The number of rotatable bonds is 4. The number of hydrogen-bond donors (Lipinski definition) is 0. The van der Waals surface area contributed by atoms with E-state index >= 15 is 0 Å². The number of benzene rings is 1. The third-order valence-corrected chi connectivity index (χ3v) is 3.78. The van der Waals surface area contributed by atoms with E-state index < -0.39 is 5.60 Å². The Labute approximate surface area is 105 Å². The monoisotopic (exact) mass is 246 g/mol. The zero-order valence-corrected chi connectivity index (χ0v) is 10.7. The predicted octanol–water partition coefficient (Wildman–Crippen LogP) is 3.49. The first-order chi connectivity index (χ1) is 8.18. The number of thiophene rings is 1. The second kappa shape index (κ2) is 4.82. The van der Waals surface area contributed by atoms with Gasteiger partial charge in [-0.15, -0.1) is 11.3 Å². The number of ether oxygens (including phenoxy) is 1. The van der Waals surface area contributed by atoms with Crippen LogP contribution in [-0.2, 0) is 10.3 Å². The lowest BCUT2D eigenvalue weighted by Crippen LogP contribution is -2.34. The van der Waals surface area contributed by atoms with Crippen molar-refractivity contribution in [3.05, 3.63) is 58.3 Å². The van der Waals surface area contributed by atoms with Gasteiger partial charge in [0.25, 0.3) is 0 Å². The maximum absolute atomic E-state index is 12.4. The van der Waals surface area contributed by atoms with Gasteiger partial charge in [0.15, 0.2) is 5.60 Å². The Morgan fingerprint density at radius 2 is 1.88 bits per heavy atom. The second-order valence-electron chi connectivity index (χ2n) is 3.91. The van der Waals surface area contributed by atoms with E-state index in [-0.39, 0.29) is 5.78 Å². The number of Topliss-reactive ketones (excluding diaryl/α,β-unsaturated/α-hetero) is 1. The van der Waals surface area contributed by atoms with E-state index in [4.69, 9.17) is 4.74 Å². The molecule has 1 unspecified atom stereocenters. The minimum atomic E-state index is -0.911. The molecule has 1 aromatic carbocycles. The van der Waals surface area contributed by atoms with E-state index in [2.05, 4.69) is 0 Å². The molecular weight excluding hydrogens is 232 g/mol. The molecule has 0 saturated heterocycles. The normalized spacial score (nSPS) is 14.2. The molecule has 0 radical (unpaired) electrons. The molecule has 88 valence electrons. The Kier molecular flexibility index (Phi) is 3.41.